The van der Waals surface area contributed by atoms with Crippen LogP contribution in [0.3, 0.4) is 0 Å². The quantitative estimate of drug-likeness (QED) is 0.0926. The largest absolute Gasteiger partial charge is 0.507 e. The number of hydrogen-bond acceptors (Lipinski definition) is 15. The molecule has 2 aromatic carbocycles. The molecule has 5 aliphatic rings. The molecule has 0 radical (unpaired) electrons. The molecular weight excluding hydrogens is 813 g/mol. The number of piperazine rings is 1. The van der Waals surface area contributed by atoms with Crippen LogP contribution in [-0.2, 0) is 23.8 Å². The molecule has 344 valence electrons. The highest BCUT2D eigenvalue weighted by Gasteiger charge is 2.50. The van der Waals surface area contributed by atoms with Gasteiger partial charge in [0, 0.05) is 93.4 Å². The second kappa shape index (κ2) is 19.3. The number of carbonyl (C=O) groups excluding carboxylic acids is 3. The normalized spacial score (nSPS) is 32.4. The van der Waals surface area contributed by atoms with Crippen molar-refractivity contribution in [2.24, 2.45) is 28.8 Å². The van der Waals surface area contributed by atoms with Crippen molar-refractivity contribution in [3.63, 3.8) is 0 Å². The number of aromatic hydroxyl groups is 3. The Balaban J connectivity index is 1.47. The van der Waals surface area contributed by atoms with E-state index in [2.05, 4.69) is 15.3 Å². The second-order valence-corrected chi connectivity index (χ2v) is 17.8. The van der Waals surface area contributed by atoms with Gasteiger partial charge in [0.15, 0.2) is 5.75 Å². The van der Waals surface area contributed by atoms with E-state index < -0.39 is 88.8 Å². The van der Waals surface area contributed by atoms with E-state index in [0.29, 0.717) is 19.1 Å². The van der Waals surface area contributed by atoms with Crippen molar-refractivity contribution < 1.29 is 58.9 Å². The number of phenolic OH excluding ortho intramolecular Hbond substituents is 3. The number of rotatable bonds is 5. The Morgan fingerprint density at radius 3 is 2.22 bits per heavy atom. The number of anilines is 1. The fraction of sp³-hybridized carbons (Fsp3) is 0.574. The zero-order valence-electron chi connectivity index (χ0n) is 37.8. The second-order valence-electron chi connectivity index (χ2n) is 17.8. The summed E-state index contributed by atoms with van der Waals surface area (Å²) in [5.41, 5.74) is -0.293. The van der Waals surface area contributed by atoms with Crippen molar-refractivity contribution in [2.45, 2.75) is 117 Å². The Labute approximate surface area is 368 Å². The number of nitrogens with one attached hydrogen (secondary N) is 1. The lowest BCUT2D eigenvalue weighted by atomic mass is 9.78. The first-order valence-corrected chi connectivity index (χ1v) is 21.9. The van der Waals surface area contributed by atoms with Gasteiger partial charge in [-0.3, -0.25) is 24.3 Å². The predicted octanol–water partition coefficient (Wildman–Crippen LogP) is 5.65. The summed E-state index contributed by atoms with van der Waals surface area (Å²) in [5, 5.41) is 67.6. The number of benzene rings is 2. The van der Waals surface area contributed by atoms with Gasteiger partial charge in [-0.05, 0) is 32.8 Å². The maximum Gasteiger partial charge on any atom is 0.312 e. The van der Waals surface area contributed by atoms with Crippen molar-refractivity contribution in [3.05, 3.63) is 52.8 Å². The molecule has 2 aromatic rings. The number of carbonyl (C=O) groups is 3. The van der Waals surface area contributed by atoms with Gasteiger partial charge < -0.3 is 49.8 Å². The molecule has 4 aliphatic heterocycles. The fourth-order valence-electron chi connectivity index (χ4n) is 9.47. The summed E-state index contributed by atoms with van der Waals surface area (Å²) in [5.74, 6) is -8.28. The molecule has 1 aliphatic carbocycles. The van der Waals surface area contributed by atoms with Crippen LogP contribution in [0.25, 0.3) is 10.8 Å². The monoisotopic (exact) mass is 876 g/mol. The van der Waals surface area contributed by atoms with E-state index in [-0.39, 0.29) is 44.5 Å². The number of hydrogen-bond donors (Lipinski definition) is 6. The standard InChI is InChI=1S/C47H64N4O12/c1-24-13-12-14-25(2)46(59)49-37-32(23-48-51-20-18-50(19-21-51)31-15-10-11-16-31)41(56)34-35(42(37)57)40(55)29(6)44-36(34)45(58)47(8,63-44)61-22-17-33(60-9)26(3)43(62-30(7)52)28(5)39(54)27(4)38(24)53/h12-14,17,22-24,26-28,31,33,38-39,43,53-57H,10-11,15-16,18-21H2,1-9H3,(H,49,59)/b13-12+,22-17+,25-14+,48-23-/t24-,26+,27+,28+,33-,38-,39+,43+,47-/m0/s1. The number of amides is 1. The number of aliphatic hydroxyl groups is 2. The van der Waals surface area contributed by atoms with Gasteiger partial charge in [-0.2, -0.15) is 5.10 Å². The number of ketones is 1. The van der Waals surface area contributed by atoms with Crippen LogP contribution in [0.1, 0.15) is 95.6 Å². The van der Waals surface area contributed by atoms with Crippen LogP contribution >= 0.6 is 0 Å². The number of esters is 1. The number of Topliss-reactive ketones (excluding diaryl/α,β-unsaturated/α-hetero) is 1. The average Bonchev–Trinajstić information content (AvgIpc) is 3.89. The molecular formula is C47H64N4O12. The third kappa shape index (κ3) is 9.40. The highest BCUT2D eigenvalue weighted by molar-refractivity contribution is 6.23. The Hall–Kier alpha value is -5.16. The summed E-state index contributed by atoms with van der Waals surface area (Å²) in [7, 11) is 1.44. The summed E-state index contributed by atoms with van der Waals surface area (Å²) in [4.78, 5) is 43.2. The number of nitrogens with zero attached hydrogens (tertiary/aromatic N) is 3. The molecule has 63 heavy (non-hydrogen) atoms. The average molecular weight is 877 g/mol. The molecule has 1 saturated heterocycles. The van der Waals surface area contributed by atoms with Gasteiger partial charge >= 0.3 is 11.8 Å². The van der Waals surface area contributed by atoms with Crippen LogP contribution in [0.5, 0.6) is 23.0 Å². The van der Waals surface area contributed by atoms with Crippen LogP contribution < -0.4 is 10.1 Å². The zero-order chi connectivity index (χ0) is 46.1. The molecule has 7 rings (SSSR count). The summed E-state index contributed by atoms with van der Waals surface area (Å²) in [6.07, 6.45) is 9.75. The third-order valence-electron chi connectivity index (χ3n) is 13.5. The highest BCUT2D eigenvalue weighted by Crippen LogP contribution is 2.55. The SMILES string of the molecule is CO[C@H]1/C=C/O[C@@]2(C)Oc3c(C)c(O)c4c(O)c(c(/C=N\N5CCN(C6CCCC6)CC5)c(O)c4c3C2=O)NC(=O)/C(C)=C/C=C/[C@H](C)[C@H](O)[C@@H](C)[C@@H](O)[C@@H](C)[C@H](OC(C)=O)[C@@H]1C. The number of allylic oxidation sites excluding steroid dienone is 2. The number of fused-ring (bicyclic) bond motifs is 14. The van der Waals surface area contributed by atoms with E-state index in [9.17, 15) is 39.9 Å². The Kier molecular flexibility index (Phi) is 14.5. The van der Waals surface area contributed by atoms with E-state index in [4.69, 9.17) is 18.9 Å². The summed E-state index contributed by atoms with van der Waals surface area (Å²) >= 11 is 0. The van der Waals surface area contributed by atoms with E-state index in [1.54, 1.807) is 39.8 Å². The van der Waals surface area contributed by atoms with Crippen molar-refractivity contribution in [1.82, 2.24) is 9.91 Å². The summed E-state index contributed by atoms with van der Waals surface area (Å²) in [6.45, 7) is 15.4. The molecule has 9 atom stereocenters. The maximum absolute atomic E-state index is 14.5. The first-order valence-electron chi connectivity index (χ1n) is 21.9. The molecule has 0 unspecified atom stereocenters. The molecule has 2 fully saturated rings. The molecule has 6 N–H and O–H groups in total. The molecule has 0 spiro atoms. The molecule has 16 heteroatoms. The highest BCUT2D eigenvalue weighted by atomic mass is 16.7. The fourth-order valence-corrected chi connectivity index (χ4v) is 9.47. The summed E-state index contributed by atoms with van der Waals surface area (Å²) < 4.78 is 23.7. The van der Waals surface area contributed by atoms with E-state index in [1.807, 2.05) is 5.01 Å². The molecule has 1 saturated carbocycles. The van der Waals surface area contributed by atoms with Gasteiger partial charge in [-0.1, -0.05) is 58.8 Å². The van der Waals surface area contributed by atoms with Gasteiger partial charge in [-0.15, -0.1) is 0 Å². The topological polar surface area (TPSA) is 220 Å². The lowest BCUT2D eigenvalue weighted by molar-refractivity contribution is -0.160. The number of phenols is 3. The third-order valence-corrected chi connectivity index (χ3v) is 13.5. The van der Waals surface area contributed by atoms with E-state index in [0.717, 1.165) is 13.1 Å². The van der Waals surface area contributed by atoms with Crippen molar-refractivity contribution in [3.8, 4) is 23.0 Å². The van der Waals surface area contributed by atoms with Gasteiger partial charge in [-0.25, -0.2) is 0 Å². The predicted molar refractivity (Wildman–Crippen MR) is 237 cm³/mol. The number of aliphatic hydroxyl groups excluding tert-OH is 2. The van der Waals surface area contributed by atoms with Crippen LogP contribution in [0.2, 0.25) is 0 Å². The number of methoxy groups -OCH3 is 1. The molecule has 5 bridgehead atoms. The Bertz CT molecular complexity index is 2190. The Morgan fingerprint density at radius 2 is 1.59 bits per heavy atom. The minimum Gasteiger partial charge on any atom is -0.507 e. The summed E-state index contributed by atoms with van der Waals surface area (Å²) in [6, 6.07) is 0.553. The number of hydrazone groups is 1. The molecule has 1 amide bonds. The zero-order valence-corrected chi connectivity index (χ0v) is 37.8. The van der Waals surface area contributed by atoms with Gasteiger partial charge in [0.05, 0.1) is 53.0 Å². The Morgan fingerprint density at radius 1 is 0.921 bits per heavy atom. The first kappa shape index (κ1) is 47.3. The number of ether oxygens (including phenoxy) is 4. The van der Waals surface area contributed by atoms with Gasteiger partial charge in [0.1, 0.15) is 23.4 Å². The van der Waals surface area contributed by atoms with Crippen LogP contribution in [0.4, 0.5) is 5.69 Å². The lowest BCUT2D eigenvalue weighted by Gasteiger charge is -2.38. The maximum atomic E-state index is 14.5. The smallest absolute Gasteiger partial charge is 0.312 e. The molecule has 16 nitrogen and oxygen atoms in total. The van der Waals surface area contributed by atoms with Gasteiger partial charge in [0.2, 0.25) is 0 Å². The minimum atomic E-state index is -2.04. The van der Waals surface area contributed by atoms with Crippen molar-refractivity contribution in [1.29, 1.82) is 0 Å². The molecule has 0 aromatic heterocycles. The lowest BCUT2D eigenvalue weighted by Crippen LogP contribution is -2.47. The van der Waals surface area contributed by atoms with E-state index >= 15 is 0 Å². The molecule has 4 heterocycles. The van der Waals surface area contributed by atoms with Crippen LogP contribution in [0.15, 0.2) is 41.2 Å². The minimum absolute atomic E-state index is 0.0631. The van der Waals surface area contributed by atoms with E-state index in [1.165, 1.54) is 85.1 Å². The van der Waals surface area contributed by atoms with Crippen molar-refractivity contribution in [2.75, 3.05) is 38.6 Å². The van der Waals surface area contributed by atoms with Crippen LogP contribution in [0, 0.1) is 30.6 Å². The van der Waals surface area contributed by atoms with Gasteiger partial charge in [0.25, 0.3) is 11.7 Å². The van der Waals surface area contributed by atoms with Crippen molar-refractivity contribution >= 4 is 40.3 Å². The first-order chi connectivity index (χ1) is 29.8. The van der Waals surface area contributed by atoms with Crippen LogP contribution in [-0.4, -0.2) is 129 Å².